The summed E-state index contributed by atoms with van der Waals surface area (Å²) in [7, 11) is 0. The van der Waals surface area contributed by atoms with Crippen LogP contribution < -0.4 is 0 Å². The molecular weight excluding hydrogens is 180 g/mol. The maximum Gasteiger partial charge on any atom is 0.339 e. The van der Waals surface area contributed by atoms with Crippen molar-refractivity contribution in [3.63, 3.8) is 0 Å². The smallest absolute Gasteiger partial charge is 0.339 e. The average molecular weight is 194 g/mol. The lowest BCUT2D eigenvalue weighted by atomic mass is 10.1. The SMILES string of the molecule is CC(C)OC(=O)C(O)c1ccccc1. The van der Waals surface area contributed by atoms with Crippen LogP contribution in [-0.2, 0) is 9.53 Å². The summed E-state index contributed by atoms with van der Waals surface area (Å²) < 4.78 is 4.88. The van der Waals surface area contributed by atoms with Gasteiger partial charge in [0.2, 0.25) is 0 Å². The van der Waals surface area contributed by atoms with Gasteiger partial charge in [-0.1, -0.05) is 30.3 Å². The molecule has 1 aromatic carbocycles. The quantitative estimate of drug-likeness (QED) is 0.744. The van der Waals surface area contributed by atoms with E-state index in [0.717, 1.165) is 0 Å². The fourth-order valence-electron chi connectivity index (χ4n) is 1.07. The van der Waals surface area contributed by atoms with E-state index in [1.165, 1.54) is 0 Å². The fourth-order valence-corrected chi connectivity index (χ4v) is 1.07. The third-order valence-corrected chi connectivity index (χ3v) is 1.69. The number of benzene rings is 1. The average Bonchev–Trinajstić information content (AvgIpc) is 2.17. The van der Waals surface area contributed by atoms with Crippen molar-refractivity contribution in [2.45, 2.75) is 26.1 Å². The Labute approximate surface area is 83.3 Å². The number of aliphatic hydroxyl groups excluding tert-OH is 1. The molecule has 0 aliphatic rings. The summed E-state index contributed by atoms with van der Waals surface area (Å²) in [5.41, 5.74) is 0.554. The Hall–Kier alpha value is -1.35. The molecule has 0 aliphatic carbocycles. The molecule has 0 spiro atoms. The fraction of sp³-hybridized carbons (Fsp3) is 0.364. The summed E-state index contributed by atoms with van der Waals surface area (Å²) in [6, 6.07) is 8.73. The first-order valence-corrected chi connectivity index (χ1v) is 4.54. The van der Waals surface area contributed by atoms with Gasteiger partial charge in [0.15, 0.2) is 6.10 Å². The third kappa shape index (κ3) is 2.85. The second-order valence-electron chi connectivity index (χ2n) is 3.30. The molecule has 14 heavy (non-hydrogen) atoms. The van der Waals surface area contributed by atoms with Crippen molar-refractivity contribution in [2.24, 2.45) is 0 Å². The van der Waals surface area contributed by atoms with E-state index in [1.807, 2.05) is 6.07 Å². The van der Waals surface area contributed by atoms with Crippen LogP contribution >= 0.6 is 0 Å². The van der Waals surface area contributed by atoms with Crippen LogP contribution in [0.25, 0.3) is 0 Å². The van der Waals surface area contributed by atoms with Gasteiger partial charge in [-0.2, -0.15) is 0 Å². The van der Waals surface area contributed by atoms with Crippen LogP contribution in [0.5, 0.6) is 0 Å². The van der Waals surface area contributed by atoms with Gasteiger partial charge in [0.1, 0.15) is 0 Å². The molecule has 0 bridgehead atoms. The van der Waals surface area contributed by atoms with E-state index in [9.17, 15) is 9.90 Å². The van der Waals surface area contributed by atoms with E-state index in [0.29, 0.717) is 5.56 Å². The lowest BCUT2D eigenvalue weighted by Gasteiger charge is -2.12. The summed E-state index contributed by atoms with van der Waals surface area (Å²) in [6.07, 6.45) is -1.39. The number of rotatable bonds is 3. The van der Waals surface area contributed by atoms with Gasteiger partial charge in [0, 0.05) is 0 Å². The van der Waals surface area contributed by atoms with Crippen LogP contribution in [0.15, 0.2) is 30.3 Å². The summed E-state index contributed by atoms with van der Waals surface area (Å²) in [6.45, 7) is 3.49. The van der Waals surface area contributed by atoms with Gasteiger partial charge in [-0.3, -0.25) is 0 Å². The van der Waals surface area contributed by atoms with Gasteiger partial charge in [-0.15, -0.1) is 0 Å². The van der Waals surface area contributed by atoms with Crippen molar-refractivity contribution in [1.29, 1.82) is 0 Å². The molecule has 0 aromatic heterocycles. The van der Waals surface area contributed by atoms with E-state index in [2.05, 4.69) is 0 Å². The van der Waals surface area contributed by atoms with E-state index < -0.39 is 12.1 Å². The Kier molecular flexibility index (Phi) is 3.65. The number of carbonyl (C=O) groups is 1. The highest BCUT2D eigenvalue weighted by Gasteiger charge is 2.19. The van der Waals surface area contributed by atoms with Crippen molar-refractivity contribution >= 4 is 5.97 Å². The molecule has 1 rings (SSSR count). The van der Waals surface area contributed by atoms with Crippen molar-refractivity contribution in [3.05, 3.63) is 35.9 Å². The van der Waals surface area contributed by atoms with E-state index >= 15 is 0 Å². The zero-order valence-electron chi connectivity index (χ0n) is 8.31. The predicted octanol–water partition coefficient (Wildman–Crippen LogP) is 1.67. The normalized spacial score (nSPS) is 12.6. The van der Waals surface area contributed by atoms with Gasteiger partial charge in [-0.05, 0) is 19.4 Å². The summed E-state index contributed by atoms with van der Waals surface area (Å²) in [5.74, 6) is -0.605. The molecule has 1 atom stereocenters. The Balaban J connectivity index is 2.66. The number of esters is 1. The van der Waals surface area contributed by atoms with Crippen molar-refractivity contribution in [3.8, 4) is 0 Å². The van der Waals surface area contributed by atoms with E-state index in [4.69, 9.17) is 4.74 Å². The molecule has 0 radical (unpaired) electrons. The maximum atomic E-state index is 11.3. The van der Waals surface area contributed by atoms with Crippen molar-refractivity contribution < 1.29 is 14.6 Å². The lowest BCUT2D eigenvalue weighted by Crippen LogP contribution is -2.19. The molecule has 3 nitrogen and oxygen atoms in total. The number of carbonyl (C=O) groups excluding carboxylic acids is 1. The topological polar surface area (TPSA) is 46.5 Å². The zero-order chi connectivity index (χ0) is 10.6. The molecule has 0 saturated heterocycles. The number of aliphatic hydroxyl groups is 1. The van der Waals surface area contributed by atoms with Crippen LogP contribution in [0.2, 0.25) is 0 Å². The molecule has 0 fully saturated rings. The Morgan fingerprint density at radius 2 is 1.86 bits per heavy atom. The van der Waals surface area contributed by atoms with Crippen LogP contribution in [0.1, 0.15) is 25.5 Å². The molecule has 0 heterocycles. The van der Waals surface area contributed by atoms with Crippen LogP contribution in [0, 0.1) is 0 Å². The Bertz CT molecular complexity index is 293. The van der Waals surface area contributed by atoms with E-state index in [1.54, 1.807) is 38.1 Å². The second kappa shape index (κ2) is 4.77. The van der Waals surface area contributed by atoms with Gasteiger partial charge < -0.3 is 9.84 Å². The molecule has 1 aromatic rings. The van der Waals surface area contributed by atoms with E-state index in [-0.39, 0.29) is 6.10 Å². The Morgan fingerprint density at radius 1 is 1.29 bits per heavy atom. The zero-order valence-corrected chi connectivity index (χ0v) is 8.31. The highest BCUT2D eigenvalue weighted by molar-refractivity contribution is 5.76. The highest BCUT2D eigenvalue weighted by atomic mass is 16.6. The first-order chi connectivity index (χ1) is 6.61. The number of ether oxygens (including phenoxy) is 1. The minimum Gasteiger partial charge on any atom is -0.461 e. The largest absolute Gasteiger partial charge is 0.461 e. The monoisotopic (exact) mass is 194 g/mol. The molecule has 0 saturated carbocycles. The summed E-state index contributed by atoms with van der Waals surface area (Å²) in [4.78, 5) is 11.3. The van der Waals surface area contributed by atoms with Crippen LogP contribution in [-0.4, -0.2) is 17.2 Å². The first kappa shape index (κ1) is 10.7. The van der Waals surface area contributed by atoms with Crippen LogP contribution in [0.4, 0.5) is 0 Å². The van der Waals surface area contributed by atoms with Crippen molar-refractivity contribution in [1.82, 2.24) is 0 Å². The standard InChI is InChI=1S/C11H14O3/c1-8(2)14-11(13)10(12)9-6-4-3-5-7-9/h3-8,10,12H,1-2H3. The maximum absolute atomic E-state index is 11.3. The number of hydrogen-bond acceptors (Lipinski definition) is 3. The molecule has 76 valence electrons. The third-order valence-electron chi connectivity index (χ3n) is 1.69. The minimum absolute atomic E-state index is 0.208. The molecule has 3 heteroatoms. The molecule has 0 aliphatic heterocycles. The Morgan fingerprint density at radius 3 is 2.36 bits per heavy atom. The second-order valence-corrected chi connectivity index (χ2v) is 3.30. The lowest BCUT2D eigenvalue weighted by molar-refractivity contribution is -0.157. The van der Waals surface area contributed by atoms with Gasteiger partial charge in [0.05, 0.1) is 6.10 Å². The summed E-state index contributed by atoms with van der Waals surface area (Å²) in [5, 5.41) is 9.56. The van der Waals surface area contributed by atoms with Crippen molar-refractivity contribution in [2.75, 3.05) is 0 Å². The molecule has 1 unspecified atom stereocenters. The van der Waals surface area contributed by atoms with Gasteiger partial charge in [0.25, 0.3) is 0 Å². The number of hydrogen-bond donors (Lipinski definition) is 1. The predicted molar refractivity (Wildman–Crippen MR) is 52.6 cm³/mol. The first-order valence-electron chi connectivity index (χ1n) is 4.54. The van der Waals surface area contributed by atoms with Gasteiger partial charge >= 0.3 is 5.97 Å². The van der Waals surface area contributed by atoms with Crippen LogP contribution in [0.3, 0.4) is 0 Å². The van der Waals surface area contributed by atoms with Gasteiger partial charge in [-0.25, -0.2) is 4.79 Å². The summed E-state index contributed by atoms with van der Waals surface area (Å²) >= 11 is 0. The molecule has 0 amide bonds. The highest BCUT2D eigenvalue weighted by Crippen LogP contribution is 2.14. The molecular formula is C11H14O3. The minimum atomic E-state index is -1.18. The molecule has 1 N–H and O–H groups in total.